The van der Waals surface area contributed by atoms with E-state index in [-0.39, 0.29) is 18.2 Å². The maximum atomic E-state index is 12.5. The highest BCUT2D eigenvalue weighted by molar-refractivity contribution is 8.18. The minimum absolute atomic E-state index is 0.0275. The molecule has 0 atom stereocenters. The third-order valence-electron chi connectivity index (χ3n) is 5.11. The van der Waals surface area contributed by atoms with Gasteiger partial charge in [0.15, 0.2) is 16.7 Å². The van der Waals surface area contributed by atoms with E-state index in [0.717, 1.165) is 27.9 Å². The molecule has 1 aliphatic heterocycles. The Morgan fingerprint density at radius 3 is 2.40 bits per heavy atom. The number of methoxy groups -OCH3 is 1. The van der Waals surface area contributed by atoms with Crippen molar-refractivity contribution in [2.45, 2.75) is 20.5 Å². The number of rotatable bonds is 7. The molecule has 0 unspecified atom stereocenters. The van der Waals surface area contributed by atoms with Gasteiger partial charge in [0.25, 0.3) is 11.6 Å². The quantitative estimate of drug-likeness (QED) is 0.260. The molecule has 0 bridgehead atoms. The van der Waals surface area contributed by atoms with Gasteiger partial charge in [-0.05, 0) is 90.3 Å². The lowest BCUT2D eigenvalue weighted by Gasteiger charge is -2.11. The molecule has 1 aliphatic rings. The number of non-ortho nitro benzene ring substituents is 1. The minimum Gasteiger partial charge on any atom is -0.493 e. The zero-order valence-corrected chi connectivity index (χ0v) is 20.2. The number of nitrogens with one attached hydrogen (secondary N) is 1. The third kappa shape index (κ3) is 6.07. The van der Waals surface area contributed by atoms with Crippen LogP contribution in [0.5, 0.6) is 11.5 Å². The Morgan fingerprint density at radius 2 is 1.74 bits per heavy atom. The van der Waals surface area contributed by atoms with Crippen LogP contribution in [0.2, 0.25) is 0 Å². The van der Waals surface area contributed by atoms with E-state index >= 15 is 0 Å². The fraction of sp³-hybridized carbons (Fsp3) is 0.154. The van der Waals surface area contributed by atoms with Crippen LogP contribution in [0.3, 0.4) is 0 Å². The molecule has 0 spiro atoms. The highest BCUT2D eigenvalue weighted by Gasteiger charge is 2.24. The minimum atomic E-state index is -0.442. The van der Waals surface area contributed by atoms with Crippen molar-refractivity contribution < 1.29 is 19.2 Å². The van der Waals surface area contributed by atoms with Crippen LogP contribution < -0.4 is 14.8 Å². The fourth-order valence-electron chi connectivity index (χ4n) is 3.53. The molecule has 3 aromatic rings. The van der Waals surface area contributed by atoms with Gasteiger partial charge in [-0.1, -0.05) is 12.1 Å². The van der Waals surface area contributed by atoms with E-state index in [0.29, 0.717) is 21.6 Å². The molecule has 1 N–H and O–H groups in total. The summed E-state index contributed by atoms with van der Waals surface area (Å²) in [5, 5.41) is 14.1. The van der Waals surface area contributed by atoms with Crippen molar-refractivity contribution in [3.8, 4) is 11.5 Å². The molecular formula is C26H23N3O5S. The lowest BCUT2D eigenvalue weighted by Crippen LogP contribution is -2.19. The molecular weight excluding hydrogens is 466 g/mol. The first-order valence-electron chi connectivity index (χ1n) is 10.7. The summed E-state index contributed by atoms with van der Waals surface area (Å²) in [7, 11) is 1.54. The molecule has 9 heteroatoms. The zero-order chi connectivity index (χ0) is 24.9. The second-order valence-electron chi connectivity index (χ2n) is 7.95. The lowest BCUT2D eigenvalue weighted by molar-refractivity contribution is -0.384. The van der Waals surface area contributed by atoms with E-state index in [1.165, 1.54) is 31.0 Å². The molecule has 1 amide bonds. The average molecular weight is 490 g/mol. The van der Waals surface area contributed by atoms with Gasteiger partial charge in [-0.15, -0.1) is 0 Å². The Labute approximate surface area is 206 Å². The topological polar surface area (TPSA) is 103 Å². The largest absolute Gasteiger partial charge is 0.493 e. The van der Waals surface area contributed by atoms with Gasteiger partial charge >= 0.3 is 0 Å². The number of nitro benzene ring substituents is 1. The van der Waals surface area contributed by atoms with Gasteiger partial charge in [0.2, 0.25) is 0 Å². The number of ether oxygens (including phenoxy) is 2. The van der Waals surface area contributed by atoms with Crippen LogP contribution in [-0.2, 0) is 11.4 Å². The highest BCUT2D eigenvalue weighted by Crippen LogP contribution is 2.33. The first-order chi connectivity index (χ1) is 16.8. The monoisotopic (exact) mass is 489 g/mol. The van der Waals surface area contributed by atoms with Gasteiger partial charge < -0.3 is 14.8 Å². The molecule has 1 heterocycles. The lowest BCUT2D eigenvalue weighted by atomic mass is 10.1. The number of amidine groups is 1. The maximum absolute atomic E-state index is 12.5. The summed E-state index contributed by atoms with van der Waals surface area (Å²) in [6, 6.07) is 17.6. The molecule has 1 saturated heterocycles. The standard InChI is InChI=1S/C26H23N3O5S/c1-16-10-17(2)12-20(11-16)27-26-28-25(30)24(35-26)14-19-6-9-22(23(13-19)33-3)34-15-18-4-7-21(8-5-18)29(31)32/h4-14H,15H2,1-3H3,(H,27,28,30)/b24-14-. The molecule has 0 aromatic heterocycles. The Balaban J connectivity index is 1.47. The van der Waals surface area contributed by atoms with Crippen molar-refractivity contribution in [2.75, 3.05) is 7.11 Å². The summed E-state index contributed by atoms with van der Waals surface area (Å²) in [5.74, 6) is 0.818. The number of nitro groups is 1. The van der Waals surface area contributed by atoms with Crippen LogP contribution in [0.25, 0.3) is 6.08 Å². The number of carbonyl (C=O) groups excluding carboxylic acids is 1. The number of hydrogen-bond donors (Lipinski definition) is 1. The Kier molecular flexibility index (Phi) is 7.17. The molecule has 178 valence electrons. The summed E-state index contributed by atoms with van der Waals surface area (Å²) in [5.41, 5.74) is 4.60. The van der Waals surface area contributed by atoms with E-state index in [9.17, 15) is 14.9 Å². The summed E-state index contributed by atoms with van der Waals surface area (Å²) in [6.07, 6.45) is 1.77. The summed E-state index contributed by atoms with van der Waals surface area (Å²) in [6.45, 7) is 4.25. The molecule has 0 saturated carbocycles. The summed E-state index contributed by atoms with van der Waals surface area (Å²) in [4.78, 5) is 27.9. The molecule has 4 rings (SSSR count). The van der Waals surface area contributed by atoms with Crippen LogP contribution in [-0.4, -0.2) is 23.1 Å². The van der Waals surface area contributed by atoms with Gasteiger partial charge in [0.05, 0.1) is 22.6 Å². The number of amides is 1. The third-order valence-corrected chi connectivity index (χ3v) is 6.02. The van der Waals surface area contributed by atoms with Crippen molar-refractivity contribution in [1.82, 2.24) is 5.32 Å². The SMILES string of the molecule is COc1cc(/C=C2\SC(=Nc3cc(C)cc(C)c3)NC2=O)ccc1OCc1ccc([N+](=O)[O-])cc1. The summed E-state index contributed by atoms with van der Waals surface area (Å²) < 4.78 is 11.3. The smallest absolute Gasteiger partial charge is 0.269 e. The van der Waals surface area contributed by atoms with Gasteiger partial charge in [-0.25, -0.2) is 4.99 Å². The molecule has 1 fully saturated rings. The molecule has 0 aliphatic carbocycles. The Bertz CT molecular complexity index is 1330. The van der Waals surface area contributed by atoms with Crippen molar-refractivity contribution in [1.29, 1.82) is 0 Å². The van der Waals surface area contributed by atoms with E-state index in [4.69, 9.17) is 9.47 Å². The molecule has 8 nitrogen and oxygen atoms in total. The Morgan fingerprint density at radius 1 is 1.03 bits per heavy atom. The van der Waals surface area contributed by atoms with Gasteiger partial charge in [-0.3, -0.25) is 14.9 Å². The van der Waals surface area contributed by atoms with E-state index < -0.39 is 4.92 Å². The van der Waals surface area contributed by atoms with Crippen LogP contribution in [0.1, 0.15) is 22.3 Å². The van der Waals surface area contributed by atoms with Gasteiger partial charge in [0, 0.05) is 12.1 Å². The number of aryl methyl sites for hydroxylation is 2. The van der Waals surface area contributed by atoms with Gasteiger partial charge in [0.1, 0.15) is 6.61 Å². The van der Waals surface area contributed by atoms with Crippen LogP contribution in [0.4, 0.5) is 11.4 Å². The molecule has 0 radical (unpaired) electrons. The van der Waals surface area contributed by atoms with Crippen molar-refractivity contribution >= 4 is 40.3 Å². The van der Waals surface area contributed by atoms with E-state index in [2.05, 4.69) is 16.4 Å². The number of hydrogen-bond acceptors (Lipinski definition) is 7. The number of aliphatic imine (C=N–C) groups is 1. The fourth-order valence-corrected chi connectivity index (χ4v) is 4.37. The second-order valence-corrected chi connectivity index (χ2v) is 8.98. The van der Waals surface area contributed by atoms with Crippen molar-refractivity contribution in [2.24, 2.45) is 4.99 Å². The first kappa shape index (κ1) is 24.0. The van der Waals surface area contributed by atoms with E-state index in [1.807, 2.05) is 32.0 Å². The van der Waals surface area contributed by atoms with Crippen LogP contribution in [0, 0.1) is 24.0 Å². The zero-order valence-electron chi connectivity index (χ0n) is 19.4. The number of nitrogens with zero attached hydrogens (tertiary/aromatic N) is 2. The van der Waals surface area contributed by atoms with Crippen molar-refractivity contribution in [3.63, 3.8) is 0 Å². The van der Waals surface area contributed by atoms with E-state index in [1.54, 1.807) is 30.3 Å². The number of carbonyl (C=O) groups is 1. The number of thioether (sulfide) groups is 1. The predicted molar refractivity (Wildman–Crippen MR) is 137 cm³/mol. The molecule has 35 heavy (non-hydrogen) atoms. The maximum Gasteiger partial charge on any atom is 0.269 e. The van der Waals surface area contributed by atoms with Crippen molar-refractivity contribution in [3.05, 3.63) is 97.9 Å². The van der Waals surface area contributed by atoms with Gasteiger partial charge in [-0.2, -0.15) is 0 Å². The van der Waals surface area contributed by atoms with Crippen LogP contribution >= 0.6 is 11.8 Å². The summed E-state index contributed by atoms with van der Waals surface area (Å²) >= 11 is 1.28. The first-order valence-corrected chi connectivity index (χ1v) is 11.5. The number of benzene rings is 3. The van der Waals surface area contributed by atoms with Crippen LogP contribution in [0.15, 0.2) is 70.6 Å². The highest BCUT2D eigenvalue weighted by atomic mass is 32.2. The average Bonchev–Trinajstić information content (AvgIpc) is 3.15. The normalized spacial score (nSPS) is 15.3. The second kappa shape index (κ2) is 10.4. The predicted octanol–water partition coefficient (Wildman–Crippen LogP) is 5.69. The molecule has 3 aromatic carbocycles. The Hall–Kier alpha value is -4.11.